The van der Waals surface area contributed by atoms with E-state index in [1.807, 2.05) is 42.6 Å². The Morgan fingerprint density at radius 1 is 0.756 bits per heavy atom. The molecule has 0 atom stereocenters. The number of hydrogen-bond donors (Lipinski definition) is 0. The molecule has 0 aliphatic rings. The SMILES string of the molecule is CCCCCCOc1ccc(N=Cc2[c-]cc(CCCCCC)cc2)cc1.O=C(/C=C(\[O-])c1ccccc1)c1ccccc1.[Pd+2]. The van der Waals surface area contributed by atoms with Gasteiger partial charge in [-0.1, -0.05) is 132 Å². The predicted octanol–water partition coefficient (Wildman–Crippen LogP) is 9.59. The number of ether oxygens (including phenoxy) is 1. The van der Waals surface area contributed by atoms with Crippen molar-refractivity contribution in [1.29, 1.82) is 0 Å². The van der Waals surface area contributed by atoms with E-state index < -0.39 is 0 Å². The number of ketones is 1. The molecule has 0 saturated carbocycles. The molecule has 0 aromatic heterocycles. The van der Waals surface area contributed by atoms with Gasteiger partial charge in [-0.25, -0.2) is 0 Å². The van der Waals surface area contributed by atoms with E-state index in [2.05, 4.69) is 43.1 Å². The Kier molecular flexibility index (Phi) is 18.9. The molecule has 4 aromatic carbocycles. The fraction of sp³-hybridized carbons (Fsp3) is 0.300. The molecule has 0 bridgehead atoms. The number of carbonyl (C=O) groups is 1. The third kappa shape index (κ3) is 15.2. The largest absolute Gasteiger partial charge is 2.00 e. The summed E-state index contributed by atoms with van der Waals surface area (Å²) >= 11 is 0. The van der Waals surface area contributed by atoms with Gasteiger partial charge in [-0.15, -0.1) is 35.4 Å². The zero-order chi connectivity index (χ0) is 31.2. The first-order valence-electron chi connectivity index (χ1n) is 15.9. The number of allylic oxidation sites excluding steroid dienone is 1. The van der Waals surface area contributed by atoms with E-state index in [0.29, 0.717) is 11.1 Å². The second-order valence-electron chi connectivity index (χ2n) is 10.7. The van der Waals surface area contributed by atoms with Gasteiger partial charge in [0, 0.05) is 5.56 Å². The fourth-order valence-electron chi connectivity index (χ4n) is 4.44. The van der Waals surface area contributed by atoms with Gasteiger partial charge >= 0.3 is 20.4 Å². The second kappa shape index (κ2) is 22.7. The number of aliphatic imine (C=N–C) groups is 1. The van der Waals surface area contributed by atoms with Gasteiger partial charge < -0.3 is 14.8 Å². The molecule has 5 heteroatoms. The summed E-state index contributed by atoms with van der Waals surface area (Å²) in [6, 6.07) is 35.2. The first-order chi connectivity index (χ1) is 21.6. The van der Waals surface area contributed by atoms with Crippen LogP contribution in [0.3, 0.4) is 0 Å². The van der Waals surface area contributed by atoms with Gasteiger partial charge in [0.1, 0.15) is 5.75 Å². The molecule has 0 N–H and O–H groups in total. The molecule has 0 fully saturated rings. The van der Waals surface area contributed by atoms with E-state index >= 15 is 0 Å². The van der Waals surface area contributed by atoms with Gasteiger partial charge in [0.2, 0.25) is 0 Å². The summed E-state index contributed by atoms with van der Waals surface area (Å²) in [6.45, 7) is 5.26. The Bertz CT molecular complexity index is 1400. The standard InChI is InChI=1S/C25H34NO.C15H12O2.Pd/c1-3-5-7-9-11-22-12-14-23(15-13-22)21-26-24-16-18-25(19-17-24)27-20-10-8-6-4-2;16-14(12-7-3-1-4-8-12)11-15(17)13-9-5-2-6-10-13;/h12-14,16-19,21H,3-11,20H2,1-2H3;1-11,16H;/q-1;;+2/p-1/b;14-11-;. The topological polar surface area (TPSA) is 61.7 Å². The van der Waals surface area contributed by atoms with Crippen molar-refractivity contribution in [1.82, 2.24) is 0 Å². The van der Waals surface area contributed by atoms with E-state index in [0.717, 1.165) is 42.5 Å². The summed E-state index contributed by atoms with van der Waals surface area (Å²) in [6.07, 6.45) is 14.3. The van der Waals surface area contributed by atoms with Crippen molar-refractivity contribution in [3.63, 3.8) is 0 Å². The zero-order valence-electron chi connectivity index (χ0n) is 26.5. The Labute approximate surface area is 284 Å². The molecule has 0 unspecified atom stereocenters. The summed E-state index contributed by atoms with van der Waals surface area (Å²) in [7, 11) is 0. The summed E-state index contributed by atoms with van der Waals surface area (Å²) in [4.78, 5) is 16.3. The van der Waals surface area contributed by atoms with Gasteiger partial charge in [-0.2, -0.15) is 0 Å². The third-order valence-corrected chi connectivity index (χ3v) is 7.06. The quantitative estimate of drug-likeness (QED) is 0.0223. The van der Waals surface area contributed by atoms with Crippen LogP contribution in [0, 0.1) is 6.07 Å². The van der Waals surface area contributed by atoms with Gasteiger partial charge in [-0.05, 0) is 48.5 Å². The number of hydrogen-bond acceptors (Lipinski definition) is 4. The van der Waals surface area contributed by atoms with Crippen LogP contribution in [0.2, 0.25) is 0 Å². The summed E-state index contributed by atoms with van der Waals surface area (Å²) in [5, 5.41) is 11.8. The molecule has 45 heavy (non-hydrogen) atoms. The molecule has 0 radical (unpaired) electrons. The van der Waals surface area contributed by atoms with Crippen LogP contribution < -0.4 is 9.84 Å². The summed E-state index contributed by atoms with van der Waals surface area (Å²) in [5.74, 6) is 0.392. The molecule has 0 saturated heterocycles. The van der Waals surface area contributed by atoms with Gasteiger partial charge in [0.25, 0.3) is 0 Å². The number of unbranched alkanes of at least 4 members (excludes halogenated alkanes) is 6. The van der Waals surface area contributed by atoms with Crippen LogP contribution >= 0.6 is 0 Å². The molecule has 0 aliphatic carbocycles. The van der Waals surface area contributed by atoms with Crippen molar-refractivity contribution in [3.05, 3.63) is 138 Å². The van der Waals surface area contributed by atoms with Crippen LogP contribution in [-0.4, -0.2) is 18.6 Å². The third-order valence-electron chi connectivity index (χ3n) is 7.06. The Morgan fingerprint density at radius 3 is 1.98 bits per heavy atom. The first kappa shape index (κ1) is 37.4. The maximum absolute atomic E-state index is 11.8. The predicted molar refractivity (Wildman–Crippen MR) is 182 cm³/mol. The van der Waals surface area contributed by atoms with Crippen LogP contribution in [0.5, 0.6) is 5.75 Å². The molecule has 0 heterocycles. The zero-order valence-corrected chi connectivity index (χ0v) is 28.1. The smallest absolute Gasteiger partial charge is 0.872 e. The molecule has 238 valence electrons. The maximum atomic E-state index is 11.8. The minimum atomic E-state index is -0.264. The van der Waals surface area contributed by atoms with Crippen LogP contribution in [0.1, 0.15) is 92.3 Å². The van der Waals surface area contributed by atoms with Crippen molar-refractivity contribution in [2.75, 3.05) is 6.61 Å². The average Bonchev–Trinajstić information content (AvgIpc) is 3.08. The van der Waals surface area contributed by atoms with Crippen molar-refractivity contribution < 1.29 is 35.1 Å². The number of benzene rings is 4. The Hall–Kier alpha value is -3.78. The van der Waals surface area contributed by atoms with Crippen LogP contribution in [-0.2, 0) is 26.8 Å². The molecule has 0 aliphatic heterocycles. The number of rotatable bonds is 16. The van der Waals surface area contributed by atoms with E-state index in [4.69, 9.17) is 4.74 Å². The number of nitrogens with zero attached hydrogens (tertiary/aromatic N) is 1. The molecule has 4 nitrogen and oxygen atoms in total. The van der Waals surface area contributed by atoms with Gasteiger partial charge in [0.05, 0.1) is 12.3 Å². The summed E-state index contributed by atoms with van der Waals surface area (Å²) < 4.78 is 5.77. The Morgan fingerprint density at radius 2 is 1.38 bits per heavy atom. The van der Waals surface area contributed by atoms with E-state index in [9.17, 15) is 9.90 Å². The summed E-state index contributed by atoms with van der Waals surface area (Å²) in [5.41, 5.74) is 4.37. The van der Waals surface area contributed by atoms with Crippen molar-refractivity contribution in [3.8, 4) is 5.75 Å². The molecule has 4 rings (SSSR count). The normalized spacial score (nSPS) is 10.9. The van der Waals surface area contributed by atoms with Crippen LogP contribution in [0.15, 0.2) is 114 Å². The maximum Gasteiger partial charge on any atom is 2.00 e. The van der Waals surface area contributed by atoms with Crippen molar-refractivity contribution in [2.45, 2.75) is 71.6 Å². The van der Waals surface area contributed by atoms with E-state index in [1.54, 1.807) is 48.5 Å². The minimum Gasteiger partial charge on any atom is -0.872 e. The van der Waals surface area contributed by atoms with E-state index in [1.165, 1.54) is 50.5 Å². The second-order valence-corrected chi connectivity index (χ2v) is 10.7. The fourth-order valence-corrected chi connectivity index (χ4v) is 4.44. The molecular formula is C40H45NO3Pd. The minimum absolute atomic E-state index is 0. The Balaban J connectivity index is 0.000000337. The van der Waals surface area contributed by atoms with Crippen molar-refractivity contribution >= 4 is 23.4 Å². The number of carbonyl (C=O) groups excluding carboxylic acids is 1. The van der Waals surface area contributed by atoms with Crippen LogP contribution in [0.4, 0.5) is 5.69 Å². The van der Waals surface area contributed by atoms with Gasteiger partial charge in [-0.3, -0.25) is 4.79 Å². The monoisotopic (exact) mass is 693 g/mol. The molecule has 0 amide bonds. The van der Waals surface area contributed by atoms with E-state index in [-0.39, 0.29) is 32.0 Å². The molecule has 0 spiro atoms. The number of aryl methyl sites for hydroxylation is 1. The van der Waals surface area contributed by atoms with Gasteiger partial charge in [0.15, 0.2) is 5.78 Å². The average molecular weight is 694 g/mol. The van der Waals surface area contributed by atoms with Crippen LogP contribution in [0.25, 0.3) is 5.76 Å². The van der Waals surface area contributed by atoms with Crippen molar-refractivity contribution in [2.24, 2.45) is 4.99 Å². The molecule has 4 aromatic rings. The molecular weight excluding hydrogens is 649 g/mol. The first-order valence-corrected chi connectivity index (χ1v) is 15.9.